The van der Waals surface area contributed by atoms with Crippen molar-refractivity contribution in [2.45, 2.75) is 69.1 Å². The molecule has 1 aliphatic rings. The molecule has 33 heavy (non-hydrogen) atoms. The Morgan fingerprint density at radius 1 is 1.21 bits per heavy atom. The second-order valence-corrected chi connectivity index (χ2v) is 11.7. The van der Waals surface area contributed by atoms with Gasteiger partial charge >= 0.3 is 0 Å². The summed E-state index contributed by atoms with van der Waals surface area (Å²) >= 11 is 0.226. The zero-order valence-electron chi connectivity index (χ0n) is 19.8. The number of hydrogen-bond acceptors (Lipinski definition) is 8. The number of benzene rings is 1. The molecule has 0 saturated carbocycles. The number of hydrogen-bond donors (Lipinski definition) is 1. The van der Waals surface area contributed by atoms with E-state index in [0.717, 1.165) is 46.6 Å². The van der Waals surface area contributed by atoms with Gasteiger partial charge in [-0.3, -0.25) is 4.90 Å². The zero-order valence-corrected chi connectivity index (χ0v) is 21.4. The van der Waals surface area contributed by atoms with Crippen molar-refractivity contribution >= 4 is 28.9 Å². The van der Waals surface area contributed by atoms with Gasteiger partial charge in [-0.1, -0.05) is 50.7 Å². The van der Waals surface area contributed by atoms with E-state index in [4.69, 9.17) is 4.52 Å². The summed E-state index contributed by atoms with van der Waals surface area (Å²) in [7, 11) is 0. The summed E-state index contributed by atoms with van der Waals surface area (Å²) in [5.74, 6) is 2.20. The van der Waals surface area contributed by atoms with E-state index in [2.05, 4.69) is 65.4 Å². The van der Waals surface area contributed by atoms with Gasteiger partial charge in [0.15, 0.2) is 10.1 Å². The van der Waals surface area contributed by atoms with Crippen LogP contribution in [0.25, 0.3) is 0 Å². The van der Waals surface area contributed by atoms with Crippen molar-refractivity contribution in [3.63, 3.8) is 0 Å². The molecule has 4 rings (SSSR count). The minimum atomic E-state index is -1.42. The average molecular weight is 486 g/mol. The van der Waals surface area contributed by atoms with Crippen molar-refractivity contribution < 1.29 is 9.08 Å². The molecule has 0 fully saturated rings. The highest BCUT2D eigenvalue weighted by molar-refractivity contribution is 7.99. The first-order chi connectivity index (χ1) is 15.7. The Bertz CT molecular complexity index is 1080. The lowest BCUT2D eigenvalue weighted by Gasteiger charge is -2.33. The SMILES string of the molecule is CCSc1ncc(C(C)N2CCc3ccc([S+]([O-])Nc4cc(C(C)(C)C)on4)cc3C2)cn1. The van der Waals surface area contributed by atoms with Crippen LogP contribution in [0.4, 0.5) is 5.82 Å². The normalized spacial score (nSPS) is 16.3. The minimum Gasteiger partial charge on any atom is -0.588 e. The van der Waals surface area contributed by atoms with Gasteiger partial charge in [0, 0.05) is 54.6 Å². The maximum absolute atomic E-state index is 13.0. The van der Waals surface area contributed by atoms with Crippen molar-refractivity contribution in [2.75, 3.05) is 17.0 Å². The molecular weight excluding hydrogens is 454 g/mol. The minimum absolute atomic E-state index is 0.152. The molecule has 176 valence electrons. The maximum Gasteiger partial charge on any atom is 0.213 e. The summed E-state index contributed by atoms with van der Waals surface area (Å²) in [5.41, 5.74) is 3.47. The second-order valence-electron chi connectivity index (χ2n) is 9.26. The molecule has 0 radical (unpaired) electrons. The van der Waals surface area contributed by atoms with E-state index in [-0.39, 0.29) is 11.5 Å². The molecule has 0 aliphatic carbocycles. The molecule has 9 heteroatoms. The lowest BCUT2D eigenvalue weighted by Crippen LogP contribution is -2.33. The van der Waals surface area contributed by atoms with Crippen LogP contribution in [0, 0.1) is 0 Å². The van der Waals surface area contributed by atoms with Crippen molar-refractivity contribution in [1.82, 2.24) is 20.0 Å². The predicted octanol–water partition coefficient (Wildman–Crippen LogP) is 5.13. The van der Waals surface area contributed by atoms with Gasteiger partial charge < -0.3 is 9.08 Å². The highest BCUT2D eigenvalue weighted by Gasteiger charge is 2.25. The van der Waals surface area contributed by atoms with Crippen LogP contribution >= 0.6 is 11.8 Å². The monoisotopic (exact) mass is 485 g/mol. The number of nitrogens with zero attached hydrogens (tertiary/aromatic N) is 4. The first-order valence-electron chi connectivity index (χ1n) is 11.2. The Hall–Kier alpha value is -2.07. The number of fused-ring (bicyclic) bond motifs is 1. The Morgan fingerprint density at radius 3 is 2.64 bits per heavy atom. The summed E-state index contributed by atoms with van der Waals surface area (Å²) in [6.45, 7) is 12.2. The van der Waals surface area contributed by atoms with Gasteiger partial charge in [0.1, 0.15) is 17.1 Å². The van der Waals surface area contributed by atoms with E-state index in [0.29, 0.717) is 5.82 Å². The second kappa shape index (κ2) is 10.0. The van der Waals surface area contributed by atoms with Crippen molar-refractivity contribution in [3.8, 4) is 0 Å². The van der Waals surface area contributed by atoms with Crippen molar-refractivity contribution in [2.24, 2.45) is 0 Å². The van der Waals surface area contributed by atoms with Crippen molar-refractivity contribution in [3.05, 3.63) is 59.1 Å². The fraction of sp³-hybridized carbons (Fsp3) is 0.458. The zero-order chi connectivity index (χ0) is 23.6. The highest BCUT2D eigenvalue weighted by atomic mass is 32.2. The molecule has 0 amide bonds. The van der Waals surface area contributed by atoms with E-state index in [1.807, 2.05) is 30.6 Å². The summed E-state index contributed by atoms with van der Waals surface area (Å²) in [6.07, 6.45) is 4.83. The van der Waals surface area contributed by atoms with Crippen LogP contribution in [0.15, 0.2) is 51.2 Å². The van der Waals surface area contributed by atoms with Gasteiger partial charge in [0.2, 0.25) is 5.82 Å². The third kappa shape index (κ3) is 5.71. The van der Waals surface area contributed by atoms with E-state index >= 15 is 0 Å². The lowest BCUT2D eigenvalue weighted by molar-refractivity contribution is 0.191. The number of anilines is 1. The summed E-state index contributed by atoms with van der Waals surface area (Å²) in [5, 5.41) is 4.84. The molecular formula is C24H31N5O2S2. The van der Waals surface area contributed by atoms with E-state index in [9.17, 15) is 4.55 Å². The van der Waals surface area contributed by atoms with Gasteiger partial charge in [0.05, 0.1) is 0 Å². The van der Waals surface area contributed by atoms with Crippen LogP contribution in [-0.2, 0) is 29.7 Å². The summed E-state index contributed by atoms with van der Waals surface area (Å²) in [6, 6.07) is 8.09. The van der Waals surface area contributed by atoms with Crippen LogP contribution in [0.3, 0.4) is 0 Å². The van der Waals surface area contributed by atoms with Crippen LogP contribution in [-0.4, -0.2) is 36.9 Å². The Morgan fingerprint density at radius 2 is 1.97 bits per heavy atom. The number of thioether (sulfide) groups is 1. The Kier molecular flexibility index (Phi) is 7.33. The smallest absolute Gasteiger partial charge is 0.213 e. The number of aromatic nitrogens is 3. The van der Waals surface area contributed by atoms with Gasteiger partial charge in [-0.2, -0.15) is 4.72 Å². The Labute approximate surface area is 203 Å². The van der Waals surface area contributed by atoms with E-state index in [1.165, 1.54) is 11.1 Å². The molecule has 0 saturated heterocycles. The molecule has 3 aromatic rings. The van der Waals surface area contributed by atoms with Crippen LogP contribution in [0.5, 0.6) is 0 Å². The van der Waals surface area contributed by atoms with Gasteiger partial charge in [0.25, 0.3) is 0 Å². The topological polar surface area (TPSA) is 90.1 Å². The molecule has 1 aromatic carbocycles. The quantitative estimate of drug-likeness (QED) is 0.280. The predicted molar refractivity (Wildman–Crippen MR) is 133 cm³/mol. The molecule has 2 aromatic heterocycles. The van der Waals surface area contributed by atoms with Gasteiger partial charge in [-0.05, 0) is 36.3 Å². The van der Waals surface area contributed by atoms with Gasteiger partial charge in [-0.25, -0.2) is 9.97 Å². The molecule has 2 atom stereocenters. The first kappa shape index (κ1) is 24.1. The van der Waals surface area contributed by atoms with Crippen LogP contribution in [0.1, 0.15) is 63.1 Å². The number of nitrogens with one attached hydrogen (secondary N) is 1. The molecule has 7 nitrogen and oxygen atoms in total. The summed E-state index contributed by atoms with van der Waals surface area (Å²) < 4.78 is 21.3. The maximum atomic E-state index is 13.0. The largest absolute Gasteiger partial charge is 0.588 e. The molecule has 0 spiro atoms. The molecule has 0 bridgehead atoms. The molecule has 1 aliphatic heterocycles. The van der Waals surface area contributed by atoms with E-state index in [1.54, 1.807) is 11.8 Å². The third-order valence-electron chi connectivity index (χ3n) is 5.83. The van der Waals surface area contributed by atoms with E-state index < -0.39 is 11.4 Å². The average Bonchev–Trinajstić information content (AvgIpc) is 3.28. The van der Waals surface area contributed by atoms with Gasteiger partial charge in [-0.15, -0.1) is 0 Å². The highest BCUT2D eigenvalue weighted by Crippen LogP contribution is 2.30. The summed E-state index contributed by atoms with van der Waals surface area (Å²) in [4.78, 5) is 12.1. The third-order valence-corrected chi connectivity index (χ3v) is 7.67. The lowest BCUT2D eigenvalue weighted by atomic mass is 9.93. The Balaban J connectivity index is 1.45. The molecule has 2 unspecified atom stereocenters. The standard InChI is InChI=1S/C24H31N5O2S2/c1-6-32-23-25-13-19(14-26-23)16(2)29-10-9-17-7-8-20(11-18(17)15-29)33(30)28-22-12-21(31-27-22)24(3,4)5/h7-8,11-14,16H,6,9-10,15H2,1-5H3,(H,27,28). The molecule has 1 N–H and O–H groups in total. The van der Waals surface area contributed by atoms with Crippen LogP contribution in [0.2, 0.25) is 0 Å². The van der Waals surface area contributed by atoms with Crippen molar-refractivity contribution in [1.29, 1.82) is 0 Å². The number of rotatable bonds is 7. The van der Waals surface area contributed by atoms with Crippen LogP contribution < -0.4 is 4.72 Å². The molecule has 3 heterocycles. The fourth-order valence-electron chi connectivity index (χ4n) is 3.79. The fourth-order valence-corrected chi connectivity index (χ4v) is 5.15. The first-order valence-corrected chi connectivity index (χ1v) is 13.3.